The number of carbonyl (C=O) groups excluding carboxylic acids is 2. The molecule has 33 heavy (non-hydrogen) atoms. The predicted octanol–water partition coefficient (Wildman–Crippen LogP) is 2.98. The third-order valence-electron chi connectivity index (χ3n) is 7.17. The lowest BCUT2D eigenvalue weighted by Gasteiger charge is -2.45. The number of ether oxygens (including phenoxy) is 1. The first-order valence-corrected chi connectivity index (χ1v) is 12.0. The van der Waals surface area contributed by atoms with E-state index in [4.69, 9.17) is 4.74 Å². The fourth-order valence-corrected chi connectivity index (χ4v) is 5.37. The number of hydrogen-bond donors (Lipinski definition) is 1. The van der Waals surface area contributed by atoms with Gasteiger partial charge in [0.1, 0.15) is 17.9 Å². The lowest BCUT2D eigenvalue weighted by atomic mass is 9.89. The van der Waals surface area contributed by atoms with Crippen LogP contribution in [0, 0.1) is 0 Å². The van der Waals surface area contributed by atoms with E-state index >= 15 is 0 Å². The highest BCUT2D eigenvalue weighted by Crippen LogP contribution is 2.45. The van der Waals surface area contributed by atoms with Crippen LogP contribution in [0.1, 0.15) is 25.7 Å². The Labute approximate surface area is 195 Å². The maximum atomic E-state index is 13.6. The van der Waals surface area contributed by atoms with Gasteiger partial charge in [-0.1, -0.05) is 43.2 Å². The highest BCUT2D eigenvalue weighted by atomic mass is 16.5. The molecular weight excluding hydrogens is 416 g/mol. The summed E-state index contributed by atoms with van der Waals surface area (Å²) >= 11 is 0. The predicted molar refractivity (Wildman–Crippen MR) is 129 cm³/mol. The molecule has 2 fully saturated rings. The fraction of sp³-hybridized carbons (Fsp3) is 0.462. The van der Waals surface area contributed by atoms with Crippen molar-refractivity contribution in [3.05, 3.63) is 54.6 Å². The van der Waals surface area contributed by atoms with Crippen molar-refractivity contribution < 1.29 is 14.3 Å². The van der Waals surface area contributed by atoms with E-state index in [2.05, 4.69) is 15.1 Å². The Morgan fingerprint density at radius 2 is 1.58 bits per heavy atom. The molecule has 0 radical (unpaired) electrons. The highest BCUT2D eigenvalue weighted by Gasteiger charge is 2.52. The van der Waals surface area contributed by atoms with Crippen molar-refractivity contribution >= 4 is 23.2 Å². The summed E-state index contributed by atoms with van der Waals surface area (Å²) in [6.45, 7) is 5.38. The zero-order valence-electron chi connectivity index (χ0n) is 19.0. The van der Waals surface area contributed by atoms with Crippen molar-refractivity contribution in [2.45, 2.75) is 31.2 Å². The van der Waals surface area contributed by atoms with Gasteiger partial charge in [-0.3, -0.25) is 24.3 Å². The number of hydrogen-bond acceptors (Lipinski definition) is 5. The van der Waals surface area contributed by atoms with E-state index in [1.54, 1.807) is 0 Å². The van der Waals surface area contributed by atoms with Crippen LogP contribution in [0.4, 0.5) is 11.4 Å². The topological polar surface area (TPSA) is 65.1 Å². The second-order valence-electron chi connectivity index (χ2n) is 9.22. The van der Waals surface area contributed by atoms with Crippen molar-refractivity contribution in [3.8, 4) is 5.75 Å². The monoisotopic (exact) mass is 448 g/mol. The van der Waals surface area contributed by atoms with E-state index in [1.807, 2.05) is 59.5 Å². The van der Waals surface area contributed by atoms with E-state index in [0.717, 1.165) is 75.5 Å². The van der Waals surface area contributed by atoms with Gasteiger partial charge in [0.2, 0.25) is 5.91 Å². The number of anilines is 2. The van der Waals surface area contributed by atoms with Crippen LogP contribution in [-0.2, 0) is 9.59 Å². The Bertz CT molecular complexity index is 982. The molecule has 0 unspecified atom stereocenters. The number of para-hydroxylation sites is 3. The normalized spacial score (nSPS) is 20.5. The molecule has 1 saturated heterocycles. The first kappa shape index (κ1) is 21.9. The molecule has 0 bridgehead atoms. The Morgan fingerprint density at radius 3 is 2.33 bits per heavy atom. The summed E-state index contributed by atoms with van der Waals surface area (Å²) < 4.78 is 5.82. The maximum Gasteiger partial charge on any atom is 0.250 e. The van der Waals surface area contributed by atoms with E-state index in [-0.39, 0.29) is 11.8 Å². The summed E-state index contributed by atoms with van der Waals surface area (Å²) in [6.07, 6.45) is 3.41. The third kappa shape index (κ3) is 4.48. The second-order valence-corrected chi connectivity index (χ2v) is 9.22. The van der Waals surface area contributed by atoms with Gasteiger partial charge in [-0.15, -0.1) is 0 Å². The fourth-order valence-electron chi connectivity index (χ4n) is 5.37. The molecule has 1 aliphatic carbocycles. The number of amides is 2. The lowest BCUT2D eigenvalue weighted by molar-refractivity contribution is -0.128. The van der Waals surface area contributed by atoms with Crippen molar-refractivity contribution in [2.75, 3.05) is 56.1 Å². The molecule has 2 amide bonds. The van der Waals surface area contributed by atoms with Gasteiger partial charge in [0, 0.05) is 32.7 Å². The van der Waals surface area contributed by atoms with Gasteiger partial charge in [0.15, 0.2) is 0 Å². The van der Waals surface area contributed by atoms with Gasteiger partial charge in [-0.25, -0.2) is 0 Å². The largest absolute Gasteiger partial charge is 0.492 e. The molecule has 7 heteroatoms. The number of nitrogens with zero attached hydrogens (tertiary/aromatic N) is 3. The van der Waals surface area contributed by atoms with Crippen LogP contribution in [-0.4, -0.2) is 73.0 Å². The quantitative estimate of drug-likeness (QED) is 0.736. The number of rotatable bonds is 6. The summed E-state index contributed by atoms with van der Waals surface area (Å²) in [4.78, 5) is 33.1. The van der Waals surface area contributed by atoms with Crippen LogP contribution in [0.2, 0.25) is 0 Å². The minimum atomic E-state index is -0.734. The SMILES string of the molecule is O=C(CN1CCN(CCOc2ccccc2)CC1)N1c2ccccc2NC(=O)C12CCCC2. The molecule has 3 aliphatic rings. The van der Waals surface area contributed by atoms with E-state index < -0.39 is 5.54 Å². The van der Waals surface area contributed by atoms with Gasteiger partial charge in [0.05, 0.1) is 17.9 Å². The van der Waals surface area contributed by atoms with E-state index in [9.17, 15) is 9.59 Å². The Kier molecular flexibility index (Phi) is 6.33. The number of fused-ring (bicyclic) bond motifs is 1. The van der Waals surface area contributed by atoms with Crippen LogP contribution >= 0.6 is 0 Å². The minimum absolute atomic E-state index is 0.0278. The maximum absolute atomic E-state index is 13.6. The molecular formula is C26H32N4O3. The Balaban J connectivity index is 1.19. The van der Waals surface area contributed by atoms with Gasteiger partial charge >= 0.3 is 0 Å². The summed E-state index contributed by atoms with van der Waals surface area (Å²) in [7, 11) is 0. The summed E-state index contributed by atoms with van der Waals surface area (Å²) in [6, 6.07) is 17.6. The van der Waals surface area contributed by atoms with Crippen molar-refractivity contribution in [1.82, 2.24) is 9.80 Å². The molecule has 174 valence electrons. The molecule has 2 aromatic carbocycles. The third-order valence-corrected chi connectivity index (χ3v) is 7.17. The average molecular weight is 449 g/mol. The first-order chi connectivity index (χ1) is 16.2. The summed E-state index contributed by atoms with van der Waals surface area (Å²) in [5.74, 6) is 0.892. The molecule has 2 aliphatic heterocycles. The minimum Gasteiger partial charge on any atom is -0.492 e. The second kappa shape index (κ2) is 9.53. The summed E-state index contributed by atoms with van der Waals surface area (Å²) in [5, 5.41) is 3.05. The van der Waals surface area contributed by atoms with Gasteiger partial charge in [0.25, 0.3) is 5.91 Å². The van der Waals surface area contributed by atoms with Gasteiger partial charge in [-0.05, 0) is 37.1 Å². The molecule has 5 rings (SSSR count). The molecule has 1 saturated carbocycles. The molecule has 0 atom stereocenters. The van der Waals surface area contributed by atoms with Gasteiger partial charge in [-0.2, -0.15) is 0 Å². The summed E-state index contributed by atoms with van der Waals surface area (Å²) in [5.41, 5.74) is 0.833. The van der Waals surface area contributed by atoms with Crippen molar-refractivity contribution in [2.24, 2.45) is 0 Å². The van der Waals surface area contributed by atoms with Crippen LogP contribution in [0.5, 0.6) is 5.75 Å². The Hall–Kier alpha value is -2.90. The smallest absolute Gasteiger partial charge is 0.250 e. The van der Waals surface area contributed by atoms with Crippen LogP contribution in [0.25, 0.3) is 0 Å². The molecule has 0 aromatic heterocycles. The van der Waals surface area contributed by atoms with E-state index in [1.165, 1.54) is 0 Å². The number of piperazine rings is 1. The molecule has 7 nitrogen and oxygen atoms in total. The van der Waals surface area contributed by atoms with Crippen molar-refractivity contribution in [1.29, 1.82) is 0 Å². The molecule has 2 aromatic rings. The molecule has 1 spiro atoms. The Morgan fingerprint density at radius 1 is 0.909 bits per heavy atom. The highest BCUT2D eigenvalue weighted by molar-refractivity contribution is 6.15. The lowest BCUT2D eigenvalue weighted by Crippen LogP contribution is -2.62. The van der Waals surface area contributed by atoms with Crippen molar-refractivity contribution in [3.63, 3.8) is 0 Å². The van der Waals surface area contributed by atoms with Crippen LogP contribution in [0.3, 0.4) is 0 Å². The molecule has 2 heterocycles. The van der Waals surface area contributed by atoms with E-state index in [0.29, 0.717) is 13.2 Å². The first-order valence-electron chi connectivity index (χ1n) is 12.0. The standard InChI is InChI=1S/C26H32N4O3/c31-24(20-29-16-14-28(15-17-29)18-19-33-21-8-2-1-3-9-21)30-23-11-5-4-10-22(23)27-25(32)26(30)12-6-7-13-26/h1-5,8-11H,6-7,12-20H2,(H,27,32). The van der Waals surface area contributed by atoms with Crippen LogP contribution in [0.15, 0.2) is 54.6 Å². The molecule has 1 N–H and O–H groups in total. The zero-order chi connectivity index (χ0) is 22.7. The number of carbonyl (C=O) groups is 2. The van der Waals surface area contributed by atoms with Gasteiger partial charge < -0.3 is 10.1 Å². The zero-order valence-corrected chi connectivity index (χ0v) is 19.0. The number of nitrogens with one attached hydrogen (secondary N) is 1. The average Bonchev–Trinajstić information content (AvgIpc) is 3.32. The van der Waals surface area contributed by atoms with Crippen LogP contribution < -0.4 is 15.0 Å². The number of benzene rings is 2.